The van der Waals surface area contributed by atoms with Crippen LogP contribution in [-0.2, 0) is 9.59 Å². The van der Waals surface area contributed by atoms with Gasteiger partial charge in [0.05, 0.1) is 22.3 Å². The third-order valence-corrected chi connectivity index (χ3v) is 5.54. The van der Waals surface area contributed by atoms with Crippen molar-refractivity contribution in [2.24, 2.45) is 32.9 Å². The standard InChI is InChI=1S/C12H12N4O2/c17-9-11-2-5-1-6(8(11)14-15-9)3-12(4-11)7(5)13-16-10(12)18/h5-6H,1-4H2,(H,15,17)(H,16,18)/t5-,6+,11-,12+. The summed E-state index contributed by atoms with van der Waals surface area (Å²) in [4.78, 5) is 24.4. The summed E-state index contributed by atoms with van der Waals surface area (Å²) in [6.45, 7) is 0. The number of nitrogens with zero attached hydrogens (tertiary/aromatic N) is 2. The second-order valence-electron chi connectivity index (χ2n) is 6.25. The Morgan fingerprint density at radius 2 is 1.44 bits per heavy atom. The molecule has 2 N–H and O–H groups in total. The van der Waals surface area contributed by atoms with Crippen LogP contribution in [0.25, 0.3) is 0 Å². The van der Waals surface area contributed by atoms with Crippen LogP contribution in [0.5, 0.6) is 0 Å². The molecule has 18 heavy (non-hydrogen) atoms. The molecule has 0 saturated heterocycles. The third-order valence-electron chi connectivity index (χ3n) is 5.54. The fourth-order valence-corrected chi connectivity index (χ4v) is 5.01. The highest BCUT2D eigenvalue weighted by atomic mass is 16.2. The molecule has 0 aromatic carbocycles. The predicted octanol–water partition coefficient (Wildman–Crippen LogP) is -0.236. The van der Waals surface area contributed by atoms with Crippen LogP contribution in [0.15, 0.2) is 10.2 Å². The van der Waals surface area contributed by atoms with Crippen molar-refractivity contribution in [1.82, 2.24) is 10.9 Å². The van der Waals surface area contributed by atoms with Crippen molar-refractivity contribution < 1.29 is 9.59 Å². The summed E-state index contributed by atoms with van der Waals surface area (Å²) >= 11 is 0. The Bertz CT molecular complexity index is 545. The molecule has 0 unspecified atom stereocenters. The monoisotopic (exact) mass is 244 g/mol. The van der Waals surface area contributed by atoms with Crippen LogP contribution in [0, 0.1) is 22.7 Å². The van der Waals surface area contributed by atoms with E-state index in [1.54, 1.807) is 0 Å². The Morgan fingerprint density at radius 3 is 1.94 bits per heavy atom. The second-order valence-corrected chi connectivity index (χ2v) is 6.25. The van der Waals surface area contributed by atoms with Crippen LogP contribution < -0.4 is 10.9 Å². The van der Waals surface area contributed by atoms with E-state index in [0.717, 1.165) is 30.7 Å². The van der Waals surface area contributed by atoms with E-state index in [1.165, 1.54) is 0 Å². The molecule has 2 amide bonds. The first-order chi connectivity index (χ1) is 8.66. The number of carbonyl (C=O) groups excluding carboxylic acids is 2. The maximum absolute atomic E-state index is 12.2. The summed E-state index contributed by atoms with van der Waals surface area (Å²) in [5, 5.41) is 8.50. The molecule has 4 fully saturated rings. The first-order valence-corrected chi connectivity index (χ1v) is 6.43. The number of amides is 2. The smallest absolute Gasteiger partial charge is 0.252 e. The molecule has 4 saturated carbocycles. The molecule has 0 aromatic rings. The number of nitrogens with one attached hydrogen (secondary N) is 2. The maximum Gasteiger partial charge on any atom is 0.252 e. The zero-order valence-electron chi connectivity index (χ0n) is 9.69. The van der Waals surface area contributed by atoms with E-state index in [9.17, 15) is 9.59 Å². The van der Waals surface area contributed by atoms with E-state index in [0.29, 0.717) is 6.42 Å². The number of hydrogen-bond acceptors (Lipinski definition) is 4. The highest BCUT2D eigenvalue weighted by Crippen LogP contribution is 2.64. The lowest BCUT2D eigenvalue weighted by molar-refractivity contribution is -0.136. The molecule has 2 aliphatic heterocycles. The summed E-state index contributed by atoms with van der Waals surface area (Å²) in [5.41, 5.74) is 6.27. The van der Waals surface area contributed by atoms with E-state index < -0.39 is 10.8 Å². The minimum atomic E-state index is -0.507. The van der Waals surface area contributed by atoms with E-state index in [-0.39, 0.29) is 23.7 Å². The van der Waals surface area contributed by atoms with Gasteiger partial charge >= 0.3 is 0 Å². The second kappa shape index (κ2) is 2.37. The summed E-state index contributed by atoms with van der Waals surface area (Å²) in [7, 11) is 0. The zero-order chi connectivity index (χ0) is 12.1. The molecule has 4 bridgehead atoms. The lowest BCUT2D eigenvalue weighted by atomic mass is 9.42. The molecular formula is C12H12N4O2. The minimum absolute atomic E-state index is 0.00924. The molecule has 6 heteroatoms. The van der Waals surface area contributed by atoms with Gasteiger partial charge in [-0.15, -0.1) is 0 Å². The van der Waals surface area contributed by atoms with Crippen LogP contribution in [0.4, 0.5) is 0 Å². The van der Waals surface area contributed by atoms with Crippen LogP contribution in [0.3, 0.4) is 0 Å². The van der Waals surface area contributed by atoms with Crippen LogP contribution in [0.2, 0.25) is 0 Å². The molecule has 6 aliphatic rings. The van der Waals surface area contributed by atoms with Crippen molar-refractivity contribution in [1.29, 1.82) is 0 Å². The molecule has 4 atom stereocenters. The summed E-state index contributed by atoms with van der Waals surface area (Å²) in [6, 6.07) is 0. The number of hydrogen-bond donors (Lipinski definition) is 2. The number of hydrazone groups is 2. The minimum Gasteiger partial charge on any atom is -0.272 e. The van der Waals surface area contributed by atoms with Gasteiger partial charge in [0.1, 0.15) is 0 Å². The predicted molar refractivity (Wildman–Crippen MR) is 61.5 cm³/mol. The van der Waals surface area contributed by atoms with E-state index >= 15 is 0 Å². The Hall–Kier alpha value is -1.72. The fourth-order valence-electron chi connectivity index (χ4n) is 5.01. The van der Waals surface area contributed by atoms with Gasteiger partial charge in [-0.25, -0.2) is 10.9 Å². The van der Waals surface area contributed by atoms with Gasteiger partial charge in [-0.1, -0.05) is 0 Å². The maximum atomic E-state index is 12.2. The summed E-state index contributed by atoms with van der Waals surface area (Å²) in [5.74, 6) is 0.536. The van der Waals surface area contributed by atoms with Gasteiger partial charge in [-0.05, 0) is 25.7 Å². The summed E-state index contributed by atoms with van der Waals surface area (Å²) in [6.07, 6.45) is 3.13. The highest BCUT2D eigenvalue weighted by Gasteiger charge is 2.71. The van der Waals surface area contributed by atoms with Crippen LogP contribution >= 0.6 is 0 Å². The van der Waals surface area contributed by atoms with Crippen molar-refractivity contribution in [3.05, 3.63) is 0 Å². The third kappa shape index (κ3) is 0.693. The largest absolute Gasteiger partial charge is 0.272 e. The van der Waals surface area contributed by atoms with Crippen molar-refractivity contribution in [3.8, 4) is 0 Å². The van der Waals surface area contributed by atoms with Crippen molar-refractivity contribution in [2.45, 2.75) is 25.7 Å². The Morgan fingerprint density at radius 1 is 0.944 bits per heavy atom. The molecule has 2 spiro atoms. The van der Waals surface area contributed by atoms with Gasteiger partial charge < -0.3 is 0 Å². The van der Waals surface area contributed by atoms with E-state index in [2.05, 4.69) is 21.1 Å². The summed E-state index contributed by atoms with van der Waals surface area (Å²) < 4.78 is 0. The lowest BCUT2D eigenvalue weighted by Gasteiger charge is -2.57. The normalized spacial score (nSPS) is 50.4. The van der Waals surface area contributed by atoms with Gasteiger partial charge in [-0.3, -0.25) is 9.59 Å². The van der Waals surface area contributed by atoms with Gasteiger partial charge in [-0.2, -0.15) is 10.2 Å². The molecule has 0 radical (unpaired) electrons. The first kappa shape index (κ1) is 9.24. The SMILES string of the molecule is O=C1NN=C2[C@H]3C[C@@H]4C[C@]12C[C@]1(C3)C(=O)NN=C41. The van der Waals surface area contributed by atoms with Crippen LogP contribution in [-0.4, -0.2) is 23.2 Å². The topological polar surface area (TPSA) is 82.9 Å². The molecule has 92 valence electrons. The molecule has 2 heterocycles. The molecule has 6 rings (SSSR count). The molecule has 6 nitrogen and oxygen atoms in total. The quantitative estimate of drug-likeness (QED) is 0.616. The van der Waals surface area contributed by atoms with Crippen LogP contribution in [0.1, 0.15) is 25.7 Å². The van der Waals surface area contributed by atoms with Crippen molar-refractivity contribution in [2.75, 3.05) is 0 Å². The lowest BCUT2D eigenvalue weighted by Crippen LogP contribution is -2.65. The first-order valence-electron chi connectivity index (χ1n) is 6.43. The molecular weight excluding hydrogens is 232 g/mol. The van der Waals surface area contributed by atoms with E-state index in [1.807, 2.05) is 0 Å². The highest BCUT2D eigenvalue weighted by molar-refractivity contribution is 6.23. The van der Waals surface area contributed by atoms with E-state index in [4.69, 9.17) is 0 Å². The number of rotatable bonds is 0. The number of carbonyl (C=O) groups is 2. The molecule has 0 aromatic heterocycles. The fraction of sp³-hybridized carbons (Fsp3) is 0.667. The van der Waals surface area contributed by atoms with Crippen molar-refractivity contribution >= 4 is 23.2 Å². The molecule has 4 aliphatic carbocycles. The Balaban J connectivity index is 1.78. The van der Waals surface area contributed by atoms with Gasteiger partial charge in [0.25, 0.3) is 11.8 Å². The average molecular weight is 244 g/mol. The zero-order valence-corrected chi connectivity index (χ0v) is 9.69. The van der Waals surface area contributed by atoms with Gasteiger partial charge in [0.15, 0.2) is 0 Å². The van der Waals surface area contributed by atoms with Gasteiger partial charge in [0, 0.05) is 11.8 Å². The van der Waals surface area contributed by atoms with Crippen molar-refractivity contribution in [3.63, 3.8) is 0 Å². The van der Waals surface area contributed by atoms with Gasteiger partial charge in [0.2, 0.25) is 0 Å². The average Bonchev–Trinajstić information content (AvgIpc) is 2.82. The Kier molecular flexibility index (Phi) is 1.22. The Labute approximate surface area is 103 Å².